The number of hydrogen-bond donors (Lipinski definition) is 2. The predicted octanol–water partition coefficient (Wildman–Crippen LogP) is 4.66. The topological polar surface area (TPSA) is 50.4 Å². The van der Waals surface area contributed by atoms with E-state index in [0.29, 0.717) is 21.4 Å². The van der Waals surface area contributed by atoms with Crippen molar-refractivity contribution in [3.63, 3.8) is 0 Å². The Hall–Kier alpha value is -1.99. The molecule has 0 saturated carbocycles. The summed E-state index contributed by atoms with van der Waals surface area (Å²) in [6, 6.07) is 4.41. The highest BCUT2D eigenvalue weighted by molar-refractivity contribution is 7.80. The number of aryl methyl sites for hydroxylation is 2. The average Bonchev–Trinajstić information content (AvgIpc) is 2.84. The van der Waals surface area contributed by atoms with Gasteiger partial charge < -0.3 is 15.4 Å². The molecule has 4 nitrogen and oxygen atoms in total. The zero-order chi connectivity index (χ0) is 17.9. The number of thiophene rings is 1. The number of nitrogens with one attached hydrogen (secondary N) is 2. The largest absolute Gasteiger partial charge is 0.465 e. The molecule has 0 atom stereocenters. The van der Waals surface area contributed by atoms with Crippen molar-refractivity contribution in [1.29, 1.82) is 0 Å². The highest BCUT2D eigenvalue weighted by atomic mass is 32.1. The van der Waals surface area contributed by atoms with E-state index in [9.17, 15) is 9.18 Å². The molecular weight excluding hydrogens is 347 g/mol. The Morgan fingerprint density at radius 1 is 1.33 bits per heavy atom. The fourth-order valence-corrected chi connectivity index (χ4v) is 3.85. The molecule has 1 heterocycles. The number of esters is 1. The van der Waals surface area contributed by atoms with Gasteiger partial charge in [0.05, 0.1) is 12.7 Å². The first-order valence-electron chi connectivity index (χ1n) is 7.42. The first-order chi connectivity index (χ1) is 11.4. The second-order valence-electron chi connectivity index (χ2n) is 5.22. The molecule has 0 saturated heterocycles. The fraction of sp³-hybridized carbons (Fsp3) is 0.294. The Bertz CT molecular complexity index is 787. The summed E-state index contributed by atoms with van der Waals surface area (Å²) < 4.78 is 18.1. The number of hydrogen-bond acceptors (Lipinski definition) is 4. The van der Waals surface area contributed by atoms with Crippen molar-refractivity contribution in [1.82, 2.24) is 0 Å². The van der Waals surface area contributed by atoms with Gasteiger partial charge in [0.2, 0.25) is 0 Å². The van der Waals surface area contributed by atoms with E-state index in [0.717, 1.165) is 22.4 Å². The lowest BCUT2D eigenvalue weighted by molar-refractivity contribution is 0.0601. The molecule has 2 aromatic rings. The van der Waals surface area contributed by atoms with Crippen LogP contribution in [0.1, 0.15) is 33.3 Å². The molecule has 2 N–H and O–H groups in total. The number of ether oxygens (including phenoxy) is 1. The summed E-state index contributed by atoms with van der Waals surface area (Å²) in [7, 11) is 1.36. The lowest BCUT2D eigenvalue weighted by Crippen LogP contribution is -2.20. The SMILES string of the molecule is CCc1c(C)sc(NC(=S)Nc2ccc(F)cc2C)c1C(=O)OC. The van der Waals surface area contributed by atoms with Crippen LogP contribution in [0.15, 0.2) is 18.2 Å². The summed E-state index contributed by atoms with van der Waals surface area (Å²) in [6.45, 7) is 5.74. The van der Waals surface area contributed by atoms with Gasteiger partial charge in [-0.15, -0.1) is 11.3 Å². The van der Waals surface area contributed by atoms with Crippen LogP contribution < -0.4 is 10.6 Å². The Kier molecular flexibility index (Phi) is 5.90. The van der Waals surface area contributed by atoms with Crippen LogP contribution in [0.5, 0.6) is 0 Å². The van der Waals surface area contributed by atoms with E-state index < -0.39 is 0 Å². The van der Waals surface area contributed by atoms with Gasteiger partial charge in [-0.25, -0.2) is 9.18 Å². The molecule has 0 bridgehead atoms. The van der Waals surface area contributed by atoms with E-state index >= 15 is 0 Å². The minimum Gasteiger partial charge on any atom is -0.465 e. The van der Waals surface area contributed by atoms with Crippen molar-refractivity contribution in [3.05, 3.63) is 45.6 Å². The molecule has 0 amide bonds. The monoisotopic (exact) mass is 366 g/mol. The van der Waals surface area contributed by atoms with E-state index in [1.807, 2.05) is 13.8 Å². The first-order valence-corrected chi connectivity index (χ1v) is 8.64. The summed E-state index contributed by atoms with van der Waals surface area (Å²) in [6.07, 6.45) is 0.728. The minimum absolute atomic E-state index is 0.300. The maximum absolute atomic E-state index is 13.2. The van der Waals surface area contributed by atoms with Crippen molar-refractivity contribution < 1.29 is 13.9 Å². The van der Waals surface area contributed by atoms with Gasteiger partial charge >= 0.3 is 5.97 Å². The van der Waals surface area contributed by atoms with E-state index in [2.05, 4.69) is 10.6 Å². The summed E-state index contributed by atoms with van der Waals surface area (Å²) >= 11 is 6.78. The van der Waals surface area contributed by atoms with E-state index in [1.54, 1.807) is 13.0 Å². The molecule has 1 aromatic carbocycles. The molecule has 24 heavy (non-hydrogen) atoms. The quantitative estimate of drug-likeness (QED) is 0.609. The Morgan fingerprint density at radius 2 is 2.04 bits per heavy atom. The summed E-state index contributed by atoms with van der Waals surface area (Å²) in [5, 5.41) is 7.06. The van der Waals surface area contributed by atoms with E-state index in [4.69, 9.17) is 17.0 Å². The first kappa shape index (κ1) is 18.4. The van der Waals surface area contributed by atoms with Gasteiger partial charge in [0.15, 0.2) is 5.11 Å². The van der Waals surface area contributed by atoms with Crippen molar-refractivity contribution in [3.8, 4) is 0 Å². The summed E-state index contributed by atoms with van der Waals surface area (Å²) in [4.78, 5) is 13.1. The zero-order valence-electron chi connectivity index (χ0n) is 14.0. The van der Waals surface area contributed by atoms with Crippen molar-refractivity contribution in [2.75, 3.05) is 17.7 Å². The van der Waals surface area contributed by atoms with Crippen molar-refractivity contribution in [2.24, 2.45) is 0 Å². The second kappa shape index (κ2) is 7.72. The Labute approximate surface area is 150 Å². The van der Waals surface area contributed by atoms with Gasteiger partial charge in [0.25, 0.3) is 0 Å². The van der Waals surface area contributed by atoms with E-state index in [-0.39, 0.29) is 11.8 Å². The highest BCUT2D eigenvalue weighted by Gasteiger charge is 2.22. The molecule has 0 aliphatic heterocycles. The number of halogens is 1. The molecule has 0 aliphatic carbocycles. The number of methoxy groups -OCH3 is 1. The van der Waals surface area contributed by atoms with Crippen molar-refractivity contribution >= 4 is 45.3 Å². The maximum atomic E-state index is 13.2. The van der Waals surface area contributed by atoms with Crippen LogP contribution in [0, 0.1) is 19.7 Å². The van der Waals surface area contributed by atoms with Crippen LogP contribution in [0.4, 0.5) is 15.1 Å². The highest BCUT2D eigenvalue weighted by Crippen LogP contribution is 2.34. The van der Waals surface area contributed by atoms with E-state index in [1.165, 1.54) is 30.6 Å². The third-order valence-electron chi connectivity index (χ3n) is 3.62. The van der Waals surface area contributed by atoms with Crippen LogP contribution in [-0.4, -0.2) is 18.2 Å². The fourth-order valence-electron chi connectivity index (χ4n) is 2.43. The normalized spacial score (nSPS) is 10.4. The van der Waals surface area contributed by atoms with Gasteiger partial charge in [-0.2, -0.15) is 0 Å². The molecular formula is C17H19FN2O2S2. The summed E-state index contributed by atoms with van der Waals surface area (Å²) in [5.74, 6) is -0.689. The smallest absolute Gasteiger partial charge is 0.341 e. The number of rotatable bonds is 4. The second-order valence-corrected chi connectivity index (χ2v) is 6.86. The number of carbonyl (C=O) groups is 1. The van der Waals surface area contributed by atoms with Crippen LogP contribution in [0.2, 0.25) is 0 Å². The molecule has 2 rings (SSSR count). The average molecular weight is 366 g/mol. The van der Waals surface area contributed by atoms with Gasteiger partial charge in [-0.1, -0.05) is 6.92 Å². The van der Waals surface area contributed by atoms with Crippen LogP contribution in [0.25, 0.3) is 0 Å². The van der Waals surface area contributed by atoms with Crippen molar-refractivity contribution in [2.45, 2.75) is 27.2 Å². The Balaban J connectivity index is 2.24. The third kappa shape index (κ3) is 3.91. The molecule has 128 valence electrons. The van der Waals surface area contributed by atoms with Crippen LogP contribution in [-0.2, 0) is 11.2 Å². The Morgan fingerprint density at radius 3 is 2.62 bits per heavy atom. The van der Waals surface area contributed by atoms with Crippen LogP contribution >= 0.6 is 23.6 Å². The number of benzene rings is 1. The molecule has 7 heteroatoms. The lowest BCUT2D eigenvalue weighted by Gasteiger charge is -2.12. The molecule has 0 aliphatic rings. The number of carbonyl (C=O) groups excluding carboxylic acids is 1. The van der Waals surface area contributed by atoms with Crippen LogP contribution in [0.3, 0.4) is 0 Å². The number of thiocarbonyl (C=S) groups is 1. The van der Waals surface area contributed by atoms with Gasteiger partial charge in [-0.3, -0.25) is 0 Å². The molecule has 0 unspecified atom stereocenters. The molecule has 0 radical (unpaired) electrons. The molecule has 0 fully saturated rings. The zero-order valence-corrected chi connectivity index (χ0v) is 15.6. The minimum atomic E-state index is -0.389. The van der Waals surface area contributed by atoms with Gasteiger partial charge in [-0.05, 0) is 61.8 Å². The number of anilines is 2. The summed E-state index contributed by atoms with van der Waals surface area (Å²) in [5.41, 5.74) is 2.92. The molecule has 0 spiro atoms. The maximum Gasteiger partial charge on any atom is 0.341 e. The predicted molar refractivity (Wildman–Crippen MR) is 101 cm³/mol. The standard InChI is InChI=1S/C17H19FN2O2S2/c1-5-12-10(3)24-15(14(12)16(21)22-4)20-17(23)19-13-7-6-11(18)8-9(13)2/h6-8H,5H2,1-4H3,(H2,19,20,23). The third-order valence-corrected chi connectivity index (χ3v) is 4.88. The lowest BCUT2D eigenvalue weighted by atomic mass is 10.1. The van der Waals surface area contributed by atoms with Gasteiger partial charge in [0.1, 0.15) is 10.8 Å². The molecule has 1 aromatic heterocycles. The van der Waals surface area contributed by atoms with Gasteiger partial charge in [0, 0.05) is 10.6 Å².